The molecule has 2 N–H and O–H groups in total. The van der Waals surface area contributed by atoms with E-state index in [0.717, 1.165) is 51.0 Å². The zero-order chi connectivity index (χ0) is 19.8. The van der Waals surface area contributed by atoms with E-state index in [2.05, 4.69) is 59.7 Å². The molecule has 0 fully saturated rings. The van der Waals surface area contributed by atoms with Gasteiger partial charge in [-0.1, -0.05) is 48.9 Å². The number of rotatable bonds is 4. The van der Waals surface area contributed by atoms with Crippen LogP contribution >= 0.6 is 0 Å². The molecule has 0 saturated carbocycles. The molecule has 0 aliphatic heterocycles. The molecular weight excluding hydrogens is 358 g/mol. The second-order valence-electron chi connectivity index (χ2n) is 7.19. The number of H-pyrrole nitrogens is 1. The lowest BCUT2D eigenvalue weighted by molar-refractivity contribution is 0.988. The monoisotopic (exact) mass is 379 g/mol. The third-order valence-electron chi connectivity index (χ3n) is 5.16. The van der Waals surface area contributed by atoms with Crippen LogP contribution in [-0.4, -0.2) is 20.2 Å². The topological polar surface area (TPSA) is 66.5 Å². The van der Waals surface area contributed by atoms with Crippen molar-refractivity contribution in [1.82, 2.24) is 20.2 Å². The van der Waals surface area contributed by atoms with Crippen LogP contribution < -0.4 is 5.32 Å². The molecule has 0 radical (unpaired) electrons. The number of hydrogen-bond acceptors (Lipinski definition) is 4. The molecule has 0 unspecified atom stereocenters. The second kappa shape index (κ2) is 7.02. The zero-order valence-corrected chi connectivity index (χ0v) is 16.4. The van der Waals surface area contributed by atoms with Crippen LogP contribution in [0.3, 0.4) is 0 Å². The number of para-hydroxylation sites is 1. The molecule has 0 spiro atoms. The van der Waals surface area contributed by atoms with Crippen molar-refractivity contribution >= 4 is 33.3 Å². The highest BCUT2D eigenvalue weighted by atomic mass is 15.1. The van der Waals surface area contributed by atoms with Gasteiger partial charge in [-0.3, -0.25) is 5.10 Å². The average Bonchev–Trinajstić information content (AvgIpc) is 3.16. The number of anilines is 2. The van der Waals surface area contributed by atoms with Gasteiger partial charge in [0, 0.05) is 27.7 Å². The standard InChI is InChI=1S/C24H21N5/c1-3-20-19-14-17(12-13-22(19)29-28-20)25-24-18-6-4-5-7-21(18)26-23(27-24)16-10-8-15(2)9-11-16/h4-14H,3H2,1-2H3,(H,28,29)(H,25,26,27). The van der Waals surface area contributed by atoms with Crippen molar-refractivity contribution in [2.75, 3.05) is 5.32 Å². The summed E-state index contributed by atoms with van der Waals surface area (Å²) in [5.74, 6) is 1.51. The fourth-order valence-corrected chi connectivity index (χ4v) is 3.55. The maximum absolute atomic E-state index is 4.86. The Kier molecular flexibility index (Phi) is 4.21. The largest absolute Gasteiger partial charge is 0.340 e. The van der Waals surface area contributed by atoms with Crippen molar-refractivity contribution in [2.24, 2.45) is 0 Å². The summed E-state index contributed by atoms with van der Waals surface area (Å²) >= 11 is 0. The summed E-state index contributed by atoms with van der Waals surface area (Å²) in [6, 6.07) is 22.6. The number of aromatic nitrogens is 4. The van der Waals surface area contributed by atoms with E-state index in [1.165, 1.54) is 5.56 Å². The van der Waals surface area contributed by atoms with Gasteiger partial charge >= 0.3 is 0 Å². The molecule has 0 bridgehead atoms. The van der Waals surface area contributed by atoms with Crippen LogP contribution in [0.15, 0.2) is 66.7 Å². The quantitative estimate of drug-likeness (QED) is 0.415. The zero-order valence-electron chi connectivity index (χ0n) is 16.4. The summed E-state index contributed by atoms with van der Waals surface area (Å²) in [4.78, 5) is 9.64. The third-order valence-corrected chi connectivity index (χ3v) is 5.16. The van der Waals surface area contributed by atoms with Crippen LogP contribution in [0.2, 0.25) is 0 Å². The molecule has 5 aromatic rings. The Bertz CT molecular complexity index is 1320. The molecule has 142 valence electrons. The summed E-state index contributed by atoms with van der Waals surface area (Å²) < 4.78 is 0. The lowest BCUT2D eigenvalue weighted by Gasteiger charge is -2.11. The van der Waals surface area contributed by atoms with Gasteiger partial charge < -0.3 is 5.32 Å². The van der Waals surface area contributed by atoms with E-state index in [0.29, 0.717) is 5.82 Å². The van der Waals surface area contributed by atoms with Crippen LogP contribution in [0.25, 0.3) is 33.2 Å². The summed E-state index contributed by atoms with van der Waals surface area (Å²) in [6.07, 6.45) is 0.911. The summed E-state index contributed by atoms with van der Waals surface area (Å²) in [7, 11) is 0. The Morgan fingerprint density at radius 3 is 2.52 bits per heavy atom. The molecule has 3 aromatic carbocycles. The van der Waals surface area contributed by atoms with E-state index in [-0.39, 0.29) is 0 Å². The molecule has 0 saturated heterocycles. The molecule has 0 atom stereocenters. The molecular formula is C24H21N5. The molecule has 2 heterocycles. The average molecular weight is 379 g/mol. The van der Waals surface area contributed by atoms with Crippen LogP contribution in [0.5, 0.6) is 0 Å². The van der Waals surface area contributed by atoms with Gasteiger partial charge in [-0.25, -0.2) is 9.97 Å². The maximum atomic E-state index is 4.86. The van der Waals surface area contributed by atoms with E-state index in [4.69, 9.17) is 9.97 Å². The number of nitrogens with one attached hydrogen (secondary N) is 2. The molecule has 5 nitrogen and oxygen atoms in total. The van der Waals surface area contributed by atoms with Crippen molar-refractivity contribution in [3.63, 3.8) is 0 Å². The van der Waals surface area contributed by atoms with Gasteiger partial charge in [0.1, 0.15) is 5.82 Å². The number of aryl methyl sites for hydroxylation is 2. The SMILES string of the molecule is CCc1[nH]nc2ccc(Nc3nc(-c4ccc(C)cc4)nc4ccccc34)cc12. The highest BCUT2D eigenvalue weighted by Gasteiger charge is 2.11. The number of fused-ring (bicyclic) bond motifs is 2. The second-order valence-corrected chi connectivity index (χ2v) is 7.19. The van der Waals surface area contributed by atoms with Crippen molar-refractivity contribution in [3.8, 4) is 11.4 Å². The smallest absolute Gasteiger partial charge is 0.162 e. The highest BCUT2D eigenvalue weighted by molar-refractivity contribution is 5.93. The molecule has 2 aromatic heterocycles. The van der Waals surface area contributed by atoms with Gasteiger partial charge in [0.15, 0.2) is 5.82 Å². The lowest BCUT2D eigenvalue weighted by atomic mass is 10.1. The van der Waals surface area contributed by atoms with Crippen LogP contribution in [0.4, 0.5) is 11.5 Å². The van der Waals surface area contributed by atoms with Gasteiger partial charge in [-0.2, -0.15) is 5.10 Å². The maximum Gasteiger partial charge on any atom is 0.162 e. The number of hydrogen-bond donors (Lipinski definition) is 2. The van der Waals surface area contributed by atoms with Gasteiger partial charge in [-0.15, -0.1) is 0 Å². The summed E-state index contributed by atoms with van der Waals surface area (Å²) in [5, 5.41) is 13.1. The van der Waals surface area contributed by atoms with Crippen molar-refractivity contribution < 1.29 is 0 Å². The number of aromatic amines is 1. The number of benzene rings is 3. The number of nitrogens with zero attached hydrogens (tertiary/aromatic N) is 3. The first-order valence-corrected chi connectivity index (χ1v) is 9.79. The summed E-state index contributed by atoms with van der Waals surface area (Å²) in [5.41, 5.74) is 6.22. The predicted octanol–water partition coefficient (Wildman–Crippen LogP) is 5.79. The lowest BCUT2D eigenvalue weighted by Crippen LogP contribution is -1.99. The Labute approximate surface area is 168 Å². The minimum Gasteiger partial charge on any atom is -0.340 e. The first kappa shape index (κ1) is 17.4. The fourth-order valence-electron chi connectivity index (χ4n) is 3.55. The van der Waals surface area contributed by atoms with Gasteiger partial charge in [0.2, 0.25) is 0 Å². The Hall–Kier alpha value is -3.73. The first-order chi connectivity index (χ1) is 14.2. The normalized spacial score (nSPS) is 11.2. The van der Waals surface area contributed by atoms with E-state index in [1.54, 1.807) is 0 Å². The molecule has 5 rings (SSSR count). The molecule has 5 heteroatoms. The molecule has 0 aliphatic carbocycles. The van der Waals surface area contributed by atoms with E-state index < -0.39 is 0 Å². The fraction of sp³-hybridized carbons (Fsp3) is 0.125. The van der Waals surface area contributed by atoms with Crippen molar-refractivity contribution in [3.05, 3.63) is 78.0 Å². The Morgan fingerprint density at radius 2 is 1.69 bits per heavy atom. The van der Waals surface area contributed by atoms with Crippen LogP contribution in [0.1, 0.15) is 18.2 Å². The van der Waals surface area contributed by atoms with Gasteiger partial charge in [0.25, 0.3) is 0 Å². The van der Waals surface area contributed by atoms with Crippen LogP contribution in [-0.2, 0) is 6.42 Å². The van der Waals surface area contributed by atoms with E-state index in [1.807, 2.05) is 36.4 Å². The Balaban J connectivity index is 1.62. The van der Waals surface area contributed by atoms with Crippen LogP contribution in [0, 0.1) is 6.92 Å². The first-order valence-electron chi connectivity index (χ1n) is 9.79. The minimum atomic E-state index is 0.713. The van der Waals surface area contributed by atoms with Crippen molar-refractivity contribution in [1.29, 1.82) is 0 Å². The molecule has 0 amide bonds. The highest BCUT2D eigenvalue weighted by Crippen LogP contribution is 2.29. The third kappa shape index (κ3) is 3.21. The van der Waals surface area contributed by atoms with E-state index in [9.17, 15) is 0 Å². The molecule has 29 heavy (non-hydrogen) atoms. The minimum absolute atomic E-state index is 0.713. The summed E-state index contributed by atoms with van der Waals surface area (Å²) in [6.45, 7) is 4.20. The predicted molar refractivity (Wildman–Crippen MR) is 118 cm³/mol. The molecule has 0 aliphatic rings. The van der Waals surface area contributed by atoms with Crippen molar-refractivity contribution in [2.45, 2.75) is 20.3 Å². The Morgan fingerprint density at radius 1 is 0.862 bits per heavy atom. The van der Waals surface area contributed by atoms with Gasteiger partial charge in [-0.05, 0) is 43.7 Å². The van der Waals surface area contributed by atoms with E-state index >= 15 is 0 Å². The van der Waals surface area contributed by atoms with Gasteiger partial charge in [0.05, 0.1) is 11.0 Å².